The Kier molecular flexibility index (Phi) is 5.32. The third-order valence-electron chi connectivity index (χ3n) is 1.29. The lowest BCUT2D eigenvalue weighted by Gasteiger charge is -2.04. The molecule has 4 heteroatoms. The molecule has 0 saturated heterocycles. The second kappa shape index (κ2) is 5.73. The number of thioether (sulfide) groups is 4. The van der Waals surface area contributed by atoms with Crippen molar-refractivity contribution in [2.75, 3.05) is 24.0 Å². The molecular formula is C7H12S4. The zero-order valence-electron chi connectivity index (χ0n) is 6.75. The first kappa shape index (κ1) is 10.2. The molecule has 1 aliphatic heterocycles. The van der Waals surface area contributed by atoms with Gasteiger partial charge in [0.25, 0.3) is 0 Å². The molecule has 0 N–H and O–H groups in total. The monoisotopic (exact) mass is 224 g/mol. The van der Waals surface area contributed by atoms with Crippen LogP contribution in [0.25, 0.3) is 0 Å². The smallest absolute Gasteiger partial charge is 0.0599 e. The van der Waals surface area contributed by atoms with Gasteiger partial charge in [0.2, 0.25) is 0 Å². The van der Waals surface area contributed by atoms with Crippen molar-refractivity contribution >= 4 is 47.0 Å². The van der Waals surface area contributed by atoms with Crippen LogP contribution >= 0.6 is 47.0 Å². The largest absolute Gasteiger partial charge is 0.121 e. The van der Waals surface area contributed by atoms with Gasteiger partial charge in [-0.2, -0.15) is 0 Å². The average Bonchev–Trinajstić information content (AvgIpc) is 2.27. The summed E-state index contributed by atoms with van der Waals surface area (Å²) < 4.78 is 3.06. The highest BCUT2D eigenvalue weighted by molar-refractivity contribution is 8.28. The van der Waals surface area contributed by atoms with E-state index in [4.69, 9.17) is 0 Å². The second-order valence-corrected chi connectivity index (χ2v) is 6.39. The maximum Gasteiger partial charge on any atom is 0.0599 e. The Bertz CT molecular complexity index is 137. The van der Waals surface area contributed by atoms with E-state index >= 15 is 0 Å². The van der Waals surface area contributed by atoms with Crippen LogP contribution < -0.4 is 0 Å². The molecule has 0 spiro atoms. The van der Waals surface area contributed by atoms with Crippen molar-refractivity contribution in [3.05, 3.63) is 8.47 Å². The Morgan fingerprint density at radius 1 is 1.00 bits per heavy atom. The van der Waals surface area contributed by atoms with Gasteiger partial charge in [0, 0.05) is 0 Å². The molecule has 0 amide bonds. The van der Waals surface area contributed by atoms with Crippen molar-refractivity contribution in [1.29, 1.82) is 0 Å². The molecule has 0 radical (unpaired) electrons. The fourth-order valence-corrected chi connectivity index (χ4v) is 5.64. The Hall–Kier alpha value is 1.14. The van der Waals surface area contributed by atoms with E-state index in [9.17, 15) is 0 Å². The summed E-state index contributed by atoms with van der Waals surface area (Å²) >= 11 is 7.82. The van der Waals surface area contributed by atoms with E-state index in [1.807, 2.05) is 47.0 Å². The summed E-state index contributed by atoms with van der Waals surface area (Å²) in [6.07, 6.45) is 5.69. The van der Waals surface area contributed by atoms with E-state index < -0.39 is 0 Å². The van der Waals surface area contributed by atoms with Crippen LogP contribution in [0.3, 0.4) is 0 Å². The molecule has 64 valence electrons. The van der Waals surface area contributed by atoms with Crippen molar-refractivity contribution in [3.63, 3.8) is 0 Å². The zero-order chi connectivity index (χ0) is 8.10. The summed E-state index contributed by atoms with van der Waals surface area (Å²) in [7, 11) is 0. The summed E-state index contributed by atoms with van der Waals surface area (Å²) in [5, 5.41) is 0. The molecule has 0 aromatic rings. The van der Waals surface area contributed by atoms with Crippen LogP contribution in [-0.4, -0.2) is 24.0 Å². The lowest BCUT2D eigenvalue weighted by Crippen LogP contribution is -1.77. The standard InChI is InChI=1S/C7H12S4/c1-8-6-7(9-2)11-5-3-4-10-6/h3-5H2,1-2H3. The molecule has 0 fully saturated rings. The third-order valence-corrected chi connectivity index (χ3v) is 6.58. The first-order valence-electron chi connectivity index (χ1n) is 3.46. The topological polar surface area (TPSA) is 0 Å². The SMILES string of the molecule is CSC1=C(SC)SCCCS1. The summed E-state index contributed by atoms with van der Waals surface area (Å²) in [5.74, 6) is 2.60. The quantitative estimate of drug-likeness (QED) is 0.701. The molecular weight excluding hydrogens is 212 g/mol. The Labute approximate surface area is 85.7 Å². The Morgan fingerprint density at radius 2 is 1.45 bits per heavy atom. The minimum Gasteiger partial charge on any atom is -0.121 e. The third kappa shape index (κ3) is 3.17. The van der Waals surface area contributed by atoms with E-state index in [0.29, 0.717) is 0 Å². The molecule has 1 aliphatic rings. The average molecular weight is 224 g/mol. The molecule has 1 rings (SSSR count). The van der Waals surface area contributed by atoms with E-state index in [1.54, 1.807) is 0 Å². The number of hydrogen-bond donors (Lipinski definition) is 0. The molecule has 1 heterocycles. The predicted molar refractivity (Wildman–Crippen MR) is 63.6 cm³/mol. The van der Waals surface area contributed by atoms with Gasteiger partial charge in [-0.1, -0.05) is 0 Å². The lowest BCUT2D eigenvalue weighted by molar-refractivity contribution is 1.13. The molecule has 0 aromatic carbocycles. The lowest BCUT2D eigenvalue weighted by atomic mass is 10.6. The van der Waals surface area contributed by atoms with Crippen molar-refractivity contribution in [1.82, 2.24) is 0 Å². The number of hydrogen-bond acceptors (Lipinski definition) is 4. The van der Waals surface area contributed by atoms with Crippen LogP contribution in [0.2, 0.25) is 0 Å². The summed E-state index contributed by atoms with van der Waals surface area (Å²) in [4.78, 5) is 0. The van der Waals surface area contributed by atoms with E-state index in [1.165, 1.54) is 26.4 Å². The van der Waals surface area contributed by atoms with Crippen LogP contribution in [0.1, 0.15) is 6.42 Å². The van der Waals surface area contributed by atoms with Gasteiger partial charge in [-0.15, -0.1) is 47.0 Å². The Balaban J connectivity index is 2.64. The van der Waals surface area contributed by atoms with Gasteiger partial charge in [0.05, 0.1) is 8.47 Å². The van der Waals surface area contributed by atoms with Crippen molar-refractivity contribution in [2.45, 2.75) is 6.42 Å². The predicted octanol–water partition coefficient (Wildman–Crippen LogP) is 3.71. The summed E-state index contributed by atoms with van der Waals surface area (Å²) in [5.41, 5.74) is 0. The van der Waals surface area contributed by atoms with Crippen molar-refractivity contribution in [3.8, 4) is 0 Å². The van der Waals surface area contributed by atoms with Crippen LogP contribution in [-0.2, 0) is 0 Å². The molecule has 0 nitrogen and oxygen atoms in total. The van der Waals surface area contributed by atoms with Gasteiger partial charge in [-0.3, -0.25) is 0 Å². The summed E-state index contributed by atoms with van der Waals surface area (Å²) in [6.45, 7) is 0. The molecule has 0 bridgehead atoms. The van der Waals surface area contributed by atoms with Crippen LogP contribution in [0.4, 0.5) is 0 Å². The van der Waals surface area contributed by atoms with Gasteiger partial charge in [0.1, 0.15) is 0 Å². The minimum absolute atomic E-state index is 1.30. The fourth-order valence-electron chi connectivity index (χ4n) is 0.791. The first-order chi connectivity index (χ1) is 5.38. The fraction of sp³-hybridized carbons (Fsp3) is 0.714. The second-order valence-electron chi connectivity index (χ2n) is 2.03. The number of rotatable bonds is 2. The molecule has 0 unspecified atom stereocenters. The van der Waals surface area contributed by atoms with Gasteiger partial charge in [-0.05, 0) is 30.4 Å². The maximum absolute atomic E-state index is 2.17. The van der Waals surface area contributed by atoms with Gasteiger partial charge < -0.3 is 0 Å². The van der Waals surface area contributed by atoms with Crippen LogP contribution in [0.15, 0.2) is 8.47 Å². The highest BCUT2D eigenvalue weighted by atomic mass is 32.2. The summed E-state index contributed by atoms with van der Waals surface area (Å²) in [6, 6.07) is 0. The molecule has 0 aliphatic carbocycles. The van der Waals surface area contributed by atoms with Crippen LogP contribution in [0.5, 0.6) is 0 Å². The highest BCUT2D eigenvalue weighted by Crippen LogP contribution is 2.42. The van der Waals surface area contributed by atoms with E-state index in [2.05, 4.69) is 12.5 Å². The van der Waals surface area contributed by atoms with E-state index in [0.717, 1.165) is 0 Å². The van der Waals surface area contributed by atoms with Crippen molar-refractivity contribution < 1.29 is 0 Å². The van der Waals surface area contributed by atoms with Gasteiger partial charge in [0.15, 0.2) is 0 Å². The van der Waals surface area contributed by atoms with Gasteiger partial charge in [-0.25, -0.2) is 0 Å². The zero-order valence-corrected chi connectivity index (χ0v) is 10.0. The van der Waals surface area contributed by atoms with Crippen molar-refractivity contribution in [2.24, 2.45) is 0 Å². The molecule has 0 atom stereocenters. The molecule has 0 aromatic heterocycles. The molecule has 11 heavy (non-hydrogen) atoms. The Morgan fingerprint density at radius 3 is 1.82 bits per heavy atom. The van der Waals surface area contributed by atoms with Gasteiger partial charge >= 0.3 is 0 Å². The highest BCUT2D eigenvalue weighted by Gasteiger charge is 2.10. The van der Waals surface area contributed by atoms with Crippen LogP contribution in [0, 0.1) is 0 Å². The normalized spacial score (nSPS) is 20.2. The van der Waals surface area contributed by atoms with E-state index in [-0.39, 0.29) is 0 Å². The minimum atomic E-state index is 1.30. The first-order valence-corrected chi connectivity index (χ1v) is 7.88. The molecule has 0 saturated carbocycles. The maximum atomic E-state index is 2.17.